The minimum atomic E-state index is -0.701. The van der Waals surface area contributed by atoms with E-state index in [-0.39, 0.29) is 12.0 Å². The van der Waals surface area contributed by atoms with Gasteiger partial charge in [0, 0.05) is 44.0 Å². The Bertz CT molecular complexity index is 978. The van der Waals surface area contributed by atoms with Crippen LogP contribution < -0.4 is 10.1 Å². The lowest BCUT2D eigenvalue weighted by atomic mass is 9.74. The molecule has 7 heteroatoms. The number of hydrogen-bond donors (Lipinski definition) is 1. The van der Waals surface area contributed by atoms with Gasteiger partial charge in [0.1, 0.15) is 23.6 Å². The van der Waals surface area contributed by atoms with Gasteiger partial charge < -0.3 is 24.4 Å². The predicted octanol–water partition coefficient (Wildman–Crippen LogP) is 4.86. The summed E-state index contributed by atoms with van der Waals surface area (Å²) >= 11 is 0. The van der Waals surface area contributed by atoms with Crippen LogP contribution in [0.5, 0.6) is 5.75 Å². The molecular formula is C26H32N2O5. The van der Waals surface area contributed by atoms with E-state index in [9.17, 15) is 9.59 Å². The van der Waals surface area contributed by atoms with Crippen molar-refractivity contribution < 1.29 is 23.8 Å². The number of likely N-dealkylation sites (tertiary alicyclic amines) is 1. The average Bonchev–Trinajstić information content (AvgIpc) is 2.78. The molecule has 2 aliphatic rings. The smallest absolute Gasteiger partial charge is 0.410 e. The maximum absolute atomic E-state index is 12.5. The summed E-state index contributed by atoms with van der Waals surface area (Å²) in [4.78, 5) is 26.5. The first-order chi connectivity index (χ1) is 15.8. The van der Waals surface area contributed by atoms with Crippen LogP contribution in [-0.4, -0.2) is 47.9 Å². The van der Waals surface area contributed by atoms with Crippen LogP contribution in [0.4, 0.5) is 9.59 Å². The Kier molecular flexibility index (Phi) is 6.49. The zero-order valence-electron chi connectivity index (χ0n) is 19.5. The summed E-state index contributed by atoms with van der Waals surface area (Å²) < 4.78 is 17.7. The van der Waals surface area contributed by atoms with E-state index in [1.165, 1.54) is 0 Å². The molecule has 0 radical (unpaired) electrons. The van der Waals surface area contributed by atoms with Gasteiger partial charge in [-0.05, 0) is 32.4 Å². The number of benzene rings is 2. The van der Waals surface area contributed by atoms with E-state index in [0.29, 0.717) is 39.1 Å². The number of amides is 2. The minimum absolute atomic E-state index is 0.0945. The number of rotatable bonds is 4. The molecule has 2 aromatic rings. The van der Waals surface area contributed by atoms with Crippen molar-refractivity contribution >= 4 is 12.2 Å². The molecular weight excluding hydrogens is 420 g/mol. The first kappa shape index (κ1) is 23.0. The van der Waals surface area contributed by atoms with E-state index < -0.39 is 17.3 Å². The van der Waals surface area contributed by atoms with Crippen LogP contribution >= 0.6 is 0 Å². The minimum Gasteiger partial charge on any atom is -0.489 e. The van der Waals surface area contributed by atoms with Gasteiger partial charge in [-0.25, -0.2) is 9.59 Å². The lowest BCUT2D eigenvalue weighted by Gasteiger charge is -2.48. The van der Waals surface area contributed by atoms with E-state index in [1.807, 2.05) is 75.4 Å². The second-order valence-electron chi connectivity index (χ2n) is 9.67. The van der Waals surface area contributed by atoms with Crippen LogP contribution in [0.2, 0.25) is 0 Å². The Labute approximate surface area is 195 Å². The Morgan fingerprint density at radius 2 is 1.76 bits per heavy atom. The van der Waals surface area contributed by atoms with Crippen LogP contribution in [0.25, 0.3) is 0 Å². The Morgan fingerprint density at radius 1 is 1.09 bits per heavy atom. The molecule has 176 valence electrons. The van der Waals surface area contributed by atoms with Gasteiger partial charge in [0.2, 0.25) is 0 Å². The molecule has 1 atom stereocenters. The lowest BCUT2D eigenvalue weighted by Crippen LogP contribution is -2.58. The molecule has 1 N–H and O–H groups in total. The first-order valence-electron chi connectivity index (χ1n) is 11.5. The number of ether oxygens (including phenoxy) is 3. The van der Waals surface area contributed by atoms with E-state index >= 15 is 0 Å². The molecule has 2 heterocycles. The summed E-state index contributed by atoms with van der Waals surface area (Å²) in [7, 11) is 0. The Morgan fingerprint density at radius 3 is 2.45 bits per heavy atom. The van der Waals surface area contributed by atoms with Crippen molar-refractivity contribution in [2.24, 2.45) is 0 Å². The summed E-state index contributed by atoms with van der Waals surface area (Å²) in [6.45, 7) is 7.40. The molecule has 2 saturated heterocycles. The summed E-state index contributed by atoms with van der Waals surface area (Å²) in [5.74, 6) is 0.683. The third-order valence-electron chi connectivity index (χ3n) is 6.17. The van der Waals surface area contributed by atoms with Gasteiger partial charge >= 0.3 is 12.2 Å². The molecule has 2 fully saturated rings. The van der Waals surface area contributed by atoms with Crippen molar-refractivity contribution in [3.05, 3.63) is 65.7 Å². The van der Waals surface area contributed by atoms with Gasteiger partial charge in [-0.15, -0.1) is 0 Å². The van der Waals surface area contributed by atoms with Gasteiger partial charge in [-0.1, -0.05) is 48.5 Å². The number of hydrogen-bond acceptors (Lipinski definition) is 5. The zero-order valence-corrected chi connectivity index (χ0v) is 19.5. The topological polar surface area (TPSA) is 77.1 Å². The molecule has 2 aromatic carbocycles. The summed E-state index contributed by atoms with van der Waals surface area (Å²) in [6, 6.07) is 17.9. The van der Waals surface area contributed by atoms with Crippen LogP contribution in [0.15, 0.2) is 54.6 Å². The highest BCUT2D eigenvalue weighted by molar-refractivity contribution is 5.70. The maximum atomic E-state index is 12.5. The highest BCUT2D eigenvalue weighted by atomic mass is 16.6. The first-order valence-corrected chi connectivity index (χ1v) is 11.5. The van der Waals surface area contributed by atoms with E-state index in [1.54, 1.807) is 4.90 Å². The van der Waals surface area contributed by atoms with Crippen LogP contribution in [0.3, 0.4) is 0 Å². The predicted molar refractivity (Wildman–Crippen MR) is 124 cm³/mol. The molecule has 2 aliphatic heterocycles. The zero-order chi connectivity index (χ0) is 23.5. The Balaban J connectivity index is 1.53. The van der Waals surface area contributed by atoms with E-state index in [0.717, 1.165) is 16.9 Å². The third-order valence-corrected chi connectivity index (χ3v) is 6.17. The van der Waals surface area contributed by atoms with Crippen molar-refractivity contribution in [3.8, 4) is 5.75 Å². The summed E-state index contributed by atoms with van der Waals surface area (Å²) in [6.07, 6.45) is 0.328. The van der Waals surface area contributed by atoms with Crippen molar-refractivity contribution in [2.45, 2.75) is 57.3 Å². The fourth-order valence-electron chi connectivity index (χ4n) is 4.54. The van der Waals surface area contributed by atoms with Gasteiger partial charge in [0.15, 0.2) is 0 Å². The molecule has 2 amide bonds. The maximum Gasteiger partial charge on any atom is 0.410 e. The lowest BCUT2D eigenvalue weighted by molar-refractivity contribution is -0.0710. The number of carbonyl (C=O) groups excluding carboxylic acids is 2. The standard InChI is InChI=1S/C26H32N2O5/c1-25(2,3)33-24(30)28-15-13-26(14-16-28)21(17-27-23(29)32-26)20-11-7-8-12-22(20)31-18-19-9-5-4-6-10-19/h4-12,21H,13-18H2,1-3H3,(H,27,29)/t21-/m1/s1. The highest BCUT2D eigenvalue weighted by Crippen LogP contribution is 2.44. The molecule has 0 saturated carbocycles. The van der Waals surface area contributed by atoms with Gasteiger partial charge in [-0.2, -0.15) is 0 Å². The number of carbonyl (C=O) groups is 2. The fourth-order valence-corrected chi connectivity index (χ4v) is 4.54. The average molecular weight is 453 g/mol. The van der Waals surface area contributed by atoms with Crippen molar-refractivity contribution in [2.75, 3.05) is 19.6 Å². The number of alkyl carbamates (subject to hydrolysis) is 1. The molecule has 1 spiro atoms. The van der Waals surface area contributed by atoms with Gasteiger partial charge in [0.25, 0.3) is 0 Å². The molecule has 33 heavy (non-hydrogen) atoms. The highest BCUT2D eigenvalue weighted by Gasteiger charge is 2.50. The van der Waals surface area contributed by atoms with Crippen LogP contribution in [0, 0.1) is 0 Å². The SMILES string of the molecule is CC(C)(C)OC(=O)N1CCC2(CC1)OC(=O)NC[C@@H]2c1ccccc1OCc1ccccc1. The molecule has 0 aromatic heterocycles. The van der Waals surface area contributed by atoms with Gasteiger partial charge in [-0.3, -0.25) is 0 Å². The number of para-hydroxylation sites is 1. The normalized spacial score (nSPS) is 20.0. The summed E-state index contributed by atoms with van der Waals surface area (Å²) in [5, 5.41) is 2.85. The third kappa shape index (κ3) is 5.41. The number of nitrogens with one attached hydrogen (secondary N) is 1. The monoisotopic (exact) mass is 452 g/mol. The second kappa shape index (κ2) is 9.33. The largest absolute Gasteiger partial charge is 0.489 e. The number of nitrogens with zero attached hydrogens (tertiary/aromatic N) is 1. The van der Waals surface area contributed by atoms with Crippen LogP contribution in [-0.2, 0) is 16.1 Å². The van der Waals surface area contributed by atoms with Crippen molar-refractivity contribution in [1.82, 2.24) is 10.2 Å². The molecule has 0 unspecified atom stereocenters. The summed E-state index contributed by atoms with van der Waals surface area (Å²) in [5.41, 5.74) is 0.831. The van der Waals surface area contributed by atoms with Crippen molar-refractivity contribution in [1.29, 1.82) is 0 Å². The van der Waals surface area contributed by atoms with Gasteiger partial charge in [0.05, 0.1) is 0 Å². The van der Waals surface area contributed by atoms with E-state index in [4.69, 9.17) is 14.2 Å². The molecule has 7 nitrogen and oxygen atoms in total. The fraction of sp³-hybridized carbons (Fsp3) is 0.462. The Hall–Kier alpha value is -3.22. The second-order valence-corrected chi connectivity index (χ2v) is 9.67. The van der Waals surface area contributed by atoms with E-state index in [2.05, 4.69) is 5.32 Å². The quantitative estimate of drug-likeness (QED) is 0.717. The van der Waals surface area contributed by atoms with Crippen LogP contribution in [0.1, 0.15) is 50.7 Å². The van der Waals surface area contributed by atoms with Crippen molar-refractivity contribution in [3.63, 3.8) is 0 Å². The molecule has 0 bridgehead atoms. The molecule has 4 rings (SSSR count). The molecule has 0 aliphatic carbocycles. The number of piperidine rings is 1.